The first kappa shape index (κ1) is 29.6. The predicted octanol–water partition coefficient (Wildman–Crippen LogP) is 6.58. The molecule has 2 unspecified atom stereocenters. The quantitative estimate of drug-likeness (QED) is 0.199. The van der Waals surface area contributed by atoms with Crippen LogP contribution in [0.4, 0.5) is 18.0 Å². The molecule has 1 amide bonds. The summed E-state index contributed by atoms with van der Waals surface area (Å²) in [6, 6.07) is 4.38. The molecule has 2 fully saturated rings. The van der Waals surface area contributed by atoms with Gasteiger partial charge in [0, 0.05) is 44.6 Å². The van der Waals surface area contributed by atoms with Crippen molar-refractivity contribution in [3.05, 3.63) is 53.1 Å². The van der Waals surface area contributed by atoms with Gasteiger partial charge in [0.2, 0.25) is 0 Å². The average molecular weight is 568 g/mol. The van der Waals surface area contributed by atoms with Gasteiger partial charge in [-0.2, -0.15) is 5.10 Å². The van der Waals surface area contributed by atoms with E-state index in [1.165, 1.54) is 4.90 Å². The van der Waals surface area contributed by atoms with E-state index >= 15 is 0 Å². The summed E-state index contributed by atoms with van der Waals surface area (Å²) in [4.78, 5) is 13.6. The maximum atomic E-state index is 14.3. The maximum Gasteiger partial charge on any atom is 0.407 e. The number of halogens is 3. The van der Waals surface area contributed by atoms with E-state index in [0.29, 0.717) is 45.6 Å². The Morgan fingerprint density at radius 1 is 1.08 bits per heavy atom. The molecular formula is C28H40F3N3O4Si. The molecule has 0 spiro atoms. The normalized spacial score (nSPS) is 24.2. The zero-order valence-electron chi connectivity index (χ0n) is 23.0. The zero-order valence-corrected chi connectivity index (χ0v) is 24.0. The molecule has 1 saturated carbocycles. The van der Waals surface area contributed by atoms with Gasteiger partial charge in [0.1, 0.15) is 12.5 Å². The van der Waals surface area contributed by atoms with Crippen LogP contribution < -0.4 is 0 Å². The zero-order chi connectivity index (χ0) is 28.2. The number of rotatable bonds is 10. The predicted molar refractivity (Wildman–Crippen MR) is 144 cm³/mol. The van der Waals surface area contributed by atoms with E-state index in [-0.39, 0.29) is 30.2 Å². The molecule has 1 aromatic carbocycles. The summed E-state index contributed by atoms with van der Waals surface area (Å²) >= 11 is 0. The molecule has 4 rings (SSSR count). The summed E-state index contributed by atoms with van der Waals surface area (Å²) < 4.78 is 56.3. The highest BCUT2D eigenvalue weighted by Crippen LogP contribution is 2.38. The van der Waals surface area contributed by atoms with Gasteiger partial charge >= 0.3 is 6.09 Å². The van der Waals surface area contributed by atoms with Crippen LogP contribution in [0.2, 0.25) is 25.7 Å². The fraction of sp³-hybridized carbons (Fsp3) is 0.643. The summed E-state index contributed by atoms with van der Waals surface area (Å²) in [6.07, 6.45) is 4.21. The minimum atomic E-state index is -1.21. The first-order valence-corrected chi connectivity index (χ1v) is 17.6. The van der Waals surface area contributed by atoms with Crippen molar-refractivity contribution in [1.82, 2.24) is 14.7 Å². The number of carbonyl (C=O) groups is 1. The lowest BCUT2D eigenvalue weighted by Gasteiger charge is -2.40. The van der Waals surface area contributed by atoms with Gasteiger partial charge in [-0.25, -0.2) is 22.6 Å². The lowest BCUT2D eigenvalue weighted by atomic mass is 9.82. The van der Waals surface area contributed by atoms with Crippen LogP contribution in [0, 0.1) is 17.5 Å². The standard InChI is InChI=1S/C28H40F3N3O4Si/c1-39(2,3)16-15-37-18-34-24(12-13-32-34)21-5-4-14-33(28(35)36)25(21)17-38-20-8-6-19(7-9-20)26-22(29)10-11-23(30)27(26)31/h10-13,19-21,25H,4-9,14-18H2,1-3H3,(H,35,36). The Hall–Kier alpha value is -2.37. The Morgan fingerprint density at radius 2 is 1.79 bits per heavy atom. The Kier molecular flexibility index (Phi) is 9.76. The van der Waals surface area contributed by atoms with Crippen molar-refractivity contribution in [2.75, 3.05) is 19.8 Å². The number of likely N-dealkylation sites (tertiary alicyclic amines) is 1. The largest absolute Gasteiger partial charge is 0.465 e. The molecule has 39 heavy (non-hydrogen) atoms. The number of aromatic nitrogens is 2. The van der Waals surface area contributed by atoms with Crippen molar-refractivity contribution < 1.29 is 32.5 Å². The fourth-order valence-electron chi connectivity index (χ4n) is 5.81. The molecule has 1 aromatic heterocycles. The molecule has 2 aliphatic rings. The number of benzene rings is 1. The van der Waals surface area contributed by atoms with Crippen molar-refractivity contribution in [2.45, 2.75) is 94.9 Å². The molecule has 2 aromatic rings. The van der Waals surface area contributed by atoms with Crippen LogP contribution in [0.3, 0.4) is 0 Å². The highest BCUT2D eigenvalue weighted by Gasteiger charge is 2.38. The first-order valence-electron chi connectivity index (χ1n) is 13.9. The highest BCUT2D eigenvalue weighted by atomic mass is 28.3. The number of hydrogen-bond donors (Lipinski definition) is 1. The monoisotopic (exact) mass is 567 g/mol. The number of carboxylic acid groups (broad SMARTS) is 1. The fourth-order valence-corrected chi connectivity index (χ4v) is 6.57. The number of nitrogens with zero attached hydrogens (tertiary/aromatic N) is 3. The average Bonchev–Trinajstić information content (AvgIpc) is 3.36. The van der Waals surface area contributed by atoms with Crippen LogP contribution in [-0.4, -0.2) is 65.9 Å². The molecule has 216 valence electrons. The lowest BCUT2D eigenvalue weighted by Crippen LogP contribution is -2.50. The van der Waals surface area contributed by atoms with E-state index in [9.17, 15) is 23.1 Å². The van der Waals surface area contributed by atoms with Gasteiger partial charge < -0.3 is 19.5 Å². The number of amides is 1. The van der Waals surface area contributed by atoms with Crippen LogP contribution in [0.5, 0.6) is 0 Å². The van der Waals surface area contributed by atoms with E-state index in [2.05, 4.69) is 24.7 Å². The number of hydrogen-bond acceptors (Lipinski definition) is 4. The van der Waals surface area contributed by atoms with Crippen molar-refractivity contribution in [3.63, 3.8) is 0 Å². The molecule has 2 heterocycles. The van der Waals surface area contributed by atoms with Crippen LogP contribution in [0.15, 0.2) is 24.4 Å². The molecule has 0 bridgehead atoms. The molecule has 2 atom stereocenters. The van der Waals surface area contributed by atoms with E-state index in [1.54, 1.807) is 6.20 Å². The second-order valence-corrected chi connectivity index (χ2v) is 17.6. The molecule has 1 N–H and O–H groups in total. The minimum Gasteiger partial charge on any atom is -0.465 e. The van der Waals surface area contributed by atoms with Gasteiger partial charge in [0.05, 0.1) is 18.8 Å². The smallest absolute Gasteiger partial charge is 0.407 e. The Balaban J connectivity index is 1.39. The molecule has 1 aliphatic heterocycles. The van der Waals surface area contributed by atoms with Crippen LogP contribution in [0.25, 0.3) is 0 Å². The maximum absolute atomic E-state index is 14.3. The summed E-state index contributed by atoms with van der Waals surface area (Å²) in [5.74, 6) is -3.37. The Morgan fingerprint density at radius 3 is 2.49 bits per heavy atom. The van der Waals surface area contributed by atoms with Gasteiger partial charge in [-0.1, -0.05) is 19.6 Å². The van der Waals surface area contributed by atoms with Crippen molar-refractivity contribution in [2.24, 2.45) is 0 Å². The first-order chi connectivity index (χ1) is 18.5. The second-order valence-electron chi connectivity index (χ2n) is 12.0. The molecule has 1 saturated heterocycles. The third-order valence-corrected chi connectivity index (χ3v) is 9.73. The summed E-state index contributed by atoms with van der Waals surface area (Å²) in [7, 11) is -1.21. The van der Waals surface area contributed by atoms with Gasteiger partial charge in [-0.15, -0.1) is 0 Å². The molecule has 0 radical (unpaired) electrons. The van der Waals surface area contributed by atoms with Crippen molar-refractivity contribution >= 4 is 14.2 Å². The topological polar surface area (TPSA) is 76.8 Å². The third kappa shape index (κ3) is 7.43. The van der Waals surface area contributed by atoms with E-state index in [4.69, 9.17) is 9.47 Å². The number of piperidine rings is 1. The van der Waals surface area contributed by atoms with Gasteiger partial charge in [0.25, 0.3) is 0 Å². The molecule has 1 aliphatic carbocycles. The molecule has 11 heteroatoms. The summed E-state index contributed by atoms with van der Waals surface area (Å²) in [5.41, 5.74) is 0.751. The second kappa shape index (κ2) is 12.9. The Labute approximate surface area is 229 Å². The molecule has 7 nitrogen and oxygen atoms in total. The van der Waals surface area contributed by atoms with Crippen LogP contribution >= 0.6 is 0 Å². The van der Waals surface area contributed by atoms with E-state index in [0.717, 1.165) is 36.7 Å². The van der Waals surface area contributed by atoms with Crippen LogP contribution in [0.1, 0.15) is 61.6 Å². The van der Waals surface area contributed by atoms with E-state index in [1.807, 2.05) is 10.7 Å². The van der Waals surface area contributed by atoms with Crippen molar-refractivity contribution in [3.8, 4) is 0 Å². The Bertz CT molecular complexity index is 1120. The van der Waals surface area contributed by atoms with Gasteiger partial charge in [0.15, 0.2) is 11.6 Å². The number of ether oxygens (including phenoxy) is 2. The summed E-state index contributed by atoms with van der Waals surface area (Å²) in [6.45, 7) is 8.54. The SMILES string of the molecule is C[Si](C)(C)CCOCn1nccc1C1CCCN(C(=O)O)C1COC1CCC(c2c(F)ccc(F)c2F)CC1. The van der Waals surface area contributed by atoms with Crippen molar-refractivity contribution in [1.29, 1.82) is 0 Å². The lowest BCUT2D eigenvalue weighted by molar-refractivity contribution is -0.0237. The van der Waals surface area contributed by atoms with Crippen LogP contribution in [-0.2, 0) is 16.2 Å². The third-order valence-electron chi connectivity index (χ3n) is 8.03. The molecular weight excluding hydrogens is 527 g/mol. The van der Waals surface area contributed by atoms with Gasteiger partial charge in [-0.3, -0.25) is 0 Å². The minimum absolute atomic E-state index is 0.0928. The highest BCUT2D eigenvalue weighted by molar-refractivity contribution is 6.76. The summed E-state index contributed by atoms with van der Waals surface area (Å²) in [5, 5.41) is 14.4. The van der Waals surface area contributed by atoms with Gasteiger partial charge in [-0.05, 0) is 68.7 Å². The van der Waals surface area contributed by atoms with E-state index < -0.39 is 37.5 Å².